The summed E-state index contributed by atoms with van der Waals surface area (Å²) in [6.45, 7) is 4.01. The van der Waals surface area contributed by atoms with E-state index in [1.54, 1.807) is 19.1 Å². The van der Waals surface area contributed by atoms with Crippen LogP contribution >= 0.6 is 11.6 Å². The van der Waals surface area contributed by atoms with Crippen molar-refractivity contribution >= 4 is 23.2 Å². The van der Waals surface area contributed by atoms with E-state index in [-0.39, 0.29) is 28.8 Å². The van der Waals surface area contributed by atoms with Crippen molar-refractivity contribution < 1.29 is 19.2 Å². The number of nitro benzene ring substituents is 1. The third-order valence-electron chi connectivity index (χ3n) is 4.01. The second-order valence-corrected chi connectivity index (χ2v) is 6.13. The molecule has 0 saturated carbocycles. The quantitative estimate of drug-likeness (QED) is 0.526. The van der Waals surface area contributed by atoms with E-state index >= 15 is 0 Å². The molecule has 1 amide bonds. The monoisotopic (exact) mass is 392 g/mol. The summed E-state index contributed by atoms with van der Waals surface area (Å²) in [6, 6.07) is 9.30. The zero-order valence-corrected chi connectivity index (χ0v) is 16.1. The van der Waals surface area contributed by atoms with E-state index in [1.807, 2.05) is 19.1 Å². The van der Waals surface area contributed by atoms with E-state index in [2.05, 4.69) is 5.32 Å². The van der Waals surface area contributed by atoms with Crippen molar-refractivity contribution in [2.75, 3.05) is 13.7 Å². The Balaban J connectivity index is 2.39. The second kappa shape index (κ2) is 9.23. The number of benzene rings is 2. The molecule has 0 spiro atoms. The molecule has 0 aliphatic rings. The summed E-state index contributed by atoms with van der Waals surface area (Å²) in [5, 5.41) is 14.9. The molecule has 0 aliphatic heterocycles. The summed E-state index contributed by atoms with van der Waals surface area (Å²) in [5.41, 5.74) is 0.423. The average Bonchev–Trinajstić information content (AvgIpc) is 2.66. The number of hydrogen-bond acceptors (Lipinski definition) is 5. The number of carbonyl (C=O) groups excluding carboxylic acids is 1. The first-order chi connectivity index (χ1) is 12.9. The molecule has 0 fully saturated rings. The van der Waals surface area contributed by atoms with Gasteiger partial charge in [-0.1, -0.05) is 30.7 Å². The van der Waals surface area contributed by atoms with Crippen molar-refractivity contribution in [2.24, 2.45) is 0 Å². The number of methoxy groups -OCH3 is 1. The molecule has 0 heterocycles. The number of nitrogens with one attached hydrogen (secondary N) is 1. The van der Waals surface area contributed by atoms with Crippen LogP contribution in [0.2, 0.25) is 5.02 Å². The minimum Gasteiger partial charge on any atom is -0.493 e. The van der Waals surface area contributed by atoms with Crippen LogP contribution in [0.4, 0.5) is 5.69 Å². The van der Waals surface area contributed by atoms with Crippen molar-refractivity contribution in [1.29, 1.82) is 0 Å². The molecule has 2 aromatic rings. The van der Waals surface area contributed by atoms with Gasteiger partial charge in [-0.3, -0.25) is 14.9 Å². The Kier molecular flexibility index (Phi) is 7.01. The van der Waals surface area contributed by atoms with Crippen LogP contribution in [0.3, 0.4) is 0 Å². The van der Waals surface area contributed by atoms with Gasteiger partial charge in [-0.2, -0.15) is 0 Å². The van der Waals surface area contributed by atoms with Gasteiger partial charge < -0.3 is 14.8 Å². The van der Waals surface area contributed by atoms with Crippen molar-refractivity contribution in [2.45, 2.75) is 26.3 Å². The summed E-state index contributed by atoms with van der Waals surface area (Å²) < 4.78 is 10.6. The van der Waals surface area contributed by atoms with Crippen molar-refractivity contribution in [1.82, 2.24) is 5.32 Å². The van der Waals surface area contributed by atoms with Crippen molar-refractivity contribution in [3.8, 4) is 11.5 Å². The summed E-state index contributed by atoms with van der Waals surface area (Å²) in [4.78, 5) is 23.6. The van der Waals surface area contributed by atoms with Crippen LogP contribution in [0.15, 0.2) is 36.4 Å². The largest absolute Gasteiger partial charge is 0.493 e. The molecule has 0 radical (unpaired) electrons. The number of rotatable bonds is 8. The van der Waals surface area contributed by atoms with Crippen LogP contribution in [0.1, 0.15) is 42.2 Å². The van der Waals surface area contributed by atoms with E-state index in [0.717, 1.165) is 5.56 Å². The van der Waals surface area contributed by atoms with Gasteiger partial charge in [0, 0.05) is 11.1 Å². The Bertz CT molecular complexity index is 824. The molecule has 0 aliphatic carbocycles. The van der Waals surface area contributed by atoms with Gasteiger partial charge in [-0.05, 0) is 31.0 Å². The van der Waals surface area contributed by atoms with Crippen molar-refractivity contribution in [3.05, 3.63) is 62.7 Å². The molecule has 1 unspecified atom stereocenters. The highest BCUT2D eigenvalue weighted by atomic mass is 35.5. The Morgan fingerprint density at radius 3 is 2.41 bits per heavy atom. The number of nitrogens with zero attached hydrogens (tertiary/aromatic N) is 1. The lowest BCUT2D eigenvalue weighted by Gasteiger charge is -2.18. The van der Waals surface area contributed by atoms with E-state index in [0.29, 0.717) is 18.1 Å². The van der Waals surface area contributed by atoms with Crippen LogP contribution in [0.5, 0.6) is 11.5 Å². The highest BCUT2D eigenvalue weighted by molar-refractivity contribution is 6.30. The summed E-state index contributed by atoms with van der Waals surface area (Å²) >= 11 is 5.90. The first-order valence-corrected chi connectivity index (χ1v) is 8.84. The van der Waals surface area contributed by atoms with E-state index < -0.39 is 10.8 Å². The van der Waals surface area contributed by atoms with Crippen LogP contribution < -0.4 is 14.8 Å². The maximum atomic E-state index is 12.8. The summed E-state index contributed by atoms with van der Waals surface area (Å²) in [5.74, 6) is -0.0905. The first-order valence-electron chi connectivity index (χ1n) is 8.46. The lowest BCUT2D eigenvalue weighted by atomic mass is 10.0. The van der Waals surface area contributed by atoms with Crippen molar-refractivity contribution in [3.63, 3.8) is 0 Å². The normalized spacial score (nSPS) is 11.6. The molecule has 27 heavy (non-hydrogen) atoms. The van der Waals surface area contributed by atoms with Crippen LogP contribution in [-0.4, -0.2) is 24.5 Å². The molecule has 0 aromatic heterocycles. The molecule has 2 aromatic carbocycles. The topological polar surface area (TPSA) is 90.7 Å². The van der Waals surface area contributed by atoms with E-state index in [4.69, 9.17) is 21.1 Å². The minimum atomic E-state index is -0.615. The summed E-state index contributed by atoms with van der Waals surface area (Å²) in [6.07, 6.45) is 0.607. The summed E-state index contributed by atoms with van der Waals surface area (Å²) in [7, 11) is 1.38. The lowest BCUT2D eigenvalue weighted by molar-refractivity contribution is -0.385. The van der Waals surface area contributed by atoms with Gasteiger partial charge in [0.05, 0.1) is 30.7 Å². The fourth-order valence-corrected chi connectivity index (χ4v) is 2.79. The first kappa shape index (κ1) is 20.5. The molecule has 2 rings (SSSR count). The predicted octanol–water partition coefficient (Wildman–Crippen LogP) is 4.54. The fraction of sp³-hybridized carbons (Fsp3) is 0.316. The number of halogens is 1. The van der Waals surface area contributed by atoms with Gasteiger partial charge in [0.1, 0.15) is 5.56 Å². The standard InChI is InChI=1S/C19H21ClN2O5/c1-4-15(12-6-8-13(20)9-7-12)21-19(23)14-10-18(27-5-2)17(26-3)11-16(14)22(24)25/h6-11,15H,4-5H2,1-3H3,(H,21,23). The maximum Gasteiger partial charge on any atom is 0.286 e. The molecular formula is C19H21ClN2O5. The highest BCUT2D eigenvalue weighted by Crippen LogP contribution is 2.35. The zero-order chi connectivity index (χ0) is 20.0. The van der Waals surface area contributed by atoms with Gasteiger partial charge >= 0.3 is 0 Å². The Labute approximate surface area is 162 Å². The van der Waals surface area contributed by atoms with E-state index in [9.17, 15) is 14.9 Å². The van der Waals surface area contributed by atoms with Crippen LogP contribution in [-0.2, 0) is 0 Å². The molecule has 7 nitrogen and oxygen atoms in total. The smallest absolute Gasteiger partial charge is 0.286 e. The molecular weight excluding hydrogens is 372 g/mol. The number of hydrogen-bond donors (Lipinski definition) is 1. The highest BCUT2D eigenvalue weighted by Gasteiger charge is 2.26. The second-order valence-electron chi connectivity index (χ2n) is 5.70. The fourth-order valence-electron chi connectivity index (χ4n) is 2.66. The number of carbonyl (C=O) groups is 1. The molecule has 1 atom stereocenters. The molecule has 0 saturated heterocycles. The maximum absolute atomic E-state index is 12.8. The number of amides is 1. The van der Waals surface area contributed by atoms with Gasteiger partial charge in [-0.15, -0.1) is 0 Å². The molecule has 8 heteroatoms. The third kappa shape index (κ3) is 4.89. The molecule has 144 valence electrons. The minimum absolute atomic E-state index is 0.0864. The number of ether oxygens (including phenoxy) is 2. The zero-order valence-electron chi connectivity index (χ0n) is 15.3. The van der Waals surface area contributed by atoms with Gasteiger partial charge in [0.15, 0.2) is 11.5 Å². The van der Waals surface area contributed by atoms with Crippen LogP contribution in [0.25, 0.3) is 0 Å². The van der Waals surface area contributed by atoms with E-state index in [1.165, 1.54) is 19.2 Å². The van der Waals surface area contributed by atoms with Gasteiger partial charge in [0.2, 0.25) is 0 Å². The predicted molar refractivity (Wildman–Crippen MR) is 103 cm³/mol. The Morgan fingerprint density at radius 1 is 1.22 bits per heavy atom. The average molecular weight is 393 g/mol. The number of nitro groups is 1. The van der Waals surface area contributed by atoms with Gasteiger partial charge in [-0.25, -0.2) is 0 Å². The Morgan fingerprint density at radius 2 is 1.89 bits per heavy atom. The van der Waals surface area contributed by atoms with Gasteiger partial charge in [0.25, 0.3) is 11.6 Å². The molecule has 1 N–H and O–H groups in total. The lowest BCUT2D eigenvalue weighted by Crippen LogP contribution is -2.28. The van der Waals surface area contributed by atoms with Crippen LogP contribution in [0, 0.1) is 10.1 Å². The third-order valence-corrected chi connectivity index (χ3v) is 4.26. The SMILES string of the molecule is CCOc1cc(C(=O)NC(CC)c2ccc(Cl)cc2)c([N+](=O)[O-])cc1OC. The molecule has 0 bridgehead atoms. The Hall–Kier alpha value is -2.80.